The summed E-state index contributed by atoms with van der Waals surface area (Å²) >= 11 is 0. The lowest BCUT2D eigenvalue weighted by Crippen LogP contribution is -2.00. The van der Waals surface area contributed by atoms with Gasteiger partial charge in [0.05, 0.1) is 0 Å². The van der Waals surface area contributed by atoms with Crippen LogP contribution in [0.25, 0.3) is 0 Å². The van der Waals surface area contributed by atoms with Crippen LogP contribution >= 0.6 is 0 Å². The van der Waals surface area contributed by atoms with E-state index >= 15 is 0 Å². The fraction of sp³-hybridized carbons (Fsp3) is 0.0833. The highest BCUT2D eigenvalue weighted by molar-refractivity contribution is 5.43. The molecule has 0 spiro atoms. The normalized spacial score (nSPS) is 12.3. The van der Waals surface area contributed by atoms with Crippen LogP contribution in [0.3, 0.4) is 0 Å². The Kier molecular flexibility index (Phi) is 2.74. The van der Waals surface area contributed by atoms with E-state index in [1.54, 1.807) is 18.3 Å². The molecule has 0 aliphatic carbocycles. The third-order valence-electron chi connectivity index (χ3n) is 2.31. The van der Waals surface area contributed by atoms with Crippen LogP contribution in [0.4, 0.5) is 0 Å². The Hall–Kier alpha value is -2.07. The molecular formula is C12H11NO3. The first-order valence-electron chi connectivity index (χ1n) is 4.78. The standard InChI is InChI=1S/C12H11NO3/c14-9-3-4-10(11(15)6-9)12(16)8-2-1-5-13-7-8/h1-7,12,14-16H. The van der Waals surface area contributed by atoms with Gasteiger partial charge in [-0.2, -0.15) is 0 Å². The zero-order chi connectivity index (χ0) is 11.5. The number of aliphatic hydroxyl groups excluding tert-OH is 1. The van der Waals surface area contributed by atoms with E-state index in [0.29, 0.717) is 11.1 Å². The number of aromatic hydroxyl groups is 2. The molecule has 0 radical (unpaired) electrons. The SMILES string of the molecule is Oc1ccc(C(O)c2cccnc2)c(O)c1. The van der Waals surface area contributed by atoms with Crippen molar-refractivity contribution >= 4 is 0 Å². The molecular weight excluding hydrogens is 206 g/mol. The van der Waals surface area contributed by atoms with Crippen LogP contribution in [0, 0.1) is 0 Å². The maximum Gasteiger partial charge on any atom is 0.125 e. The highest BCUT2D eigenvalue weighted by atomic mass is 16.3. The van der Waals surface area contributed by atoms with Gasteiger partial charge in [-0.1, -0.05) is 6.07 Å². The molecule has 1 aromatic carbocycles. The molecule has 0 aliphatic rings. The van der Waals surface area contributed by atoms with E-state index in [4.69, 9.17) is 5.11 Å². The fourth-order valence-electron chi connectivity index (χ4n) is 1.48. The Morgan fingerprint density at radius 1 is 1.12 bits per heavy atom. The van der Waals surface area contributed by atoms with Crippen LogP contribution in [0.2, 0.25) is 0 Å². The van der Waals surface area contributed by atoms with E-state index in [1.165, 1.54) is 24.4 Å². The Labute approximate surface area is 92.5 Å². The second-order valence-electron chi connectivity index (χ2n) is 3.43. The largest absolute Gasteiger partial charge is 0.508 e. The second-order valence-corrected chi connectivity index (χ2v) is 3.43. The molecule has 0 aliphatic heterocycles. The molecule has 2 rings (SSSR count). The van der Waals surface area contributed by atoms with Gasteiger partial charge in [0.25, 0.3) is 0 Å². The summed E-state index contributed by atoms with van der Waals surface area (Å²) in [4.78, 5) is 3.89. The van der Waals surface area contributed by atoms with Crippen molar-refractivity contribution in [2.45, 2.75) is 6.10 Å². The number of benzene rings is 1. The maximum absolute atomic E-state index is 9.98. The van der Waals surface area contributed by atoms with Gasteiger partial charge in [-0.05, 0) is 18.2 Å². The maximum atomic E-state index is 9.98. The summed E-state index contributed by atoms with van der Waals surface area (Å²) in [6.07, 6.45) is 2.18. The smallest absolute Gasteiger partial charge is 0.125 e. The van der Waals surface area contributed by atoms with E-state index in [0.717, 1.165) is 0 Å². The molecule has 0 saturated carbocycles. The second kappa shape index (κ2) is 4.20. The van der Waals surface area contributed by atoms with Crippen LogP contribution < -0.4 is 0 Å². The zero-order valence-corrected chi connectivity index (χ0v) is 8.41. The van der Waals surface area contributed by atoms with Crippen molar-refractivity contribution < 1.29 is 15.3 Å². The van der Waals surface area contributed by atoms with E-state index in [2.05, 4.69) is 4.98 Å². The van der Waals surface area contributed by atoms with Crippen LogP contribution in [-0.2, 0) is 0 Å². The number of nitrogens with zero attached hydrogens (tertiary/aromatic N) is 1. The zero-order valence-electron chi connectivity index (χ0n) is 8.41. The third kappa shape index (κ3) is 1.97. The number of rotatable bonds is 2. The van der Waals surface area contributed by atoms with Crippen molar-refractivity contribution in [3.63, 3.8) is 0 Å². The fourth-order valence-corrected chi connectivity index (χ4v) is 1.48. The summed E-state index contributed by atoms with van der Waals surface area (Å²) in [6.45, 7) is 0. The minimum absolute atomic E-state index is 0.0420. The Balaban J connectivity index is 2.38. The van der Waals surface area contributed by atoms with Gasteiger partial charge < -0.3 is 15.3 Å². The molecule has 0 bridgehead atoms. The summed E-state index contributed by atoms with van der Waals surface area (Å²) in [5.74, 6) is -0.184. The van der Waals surface area contributed by atoms with Gasteiger partial charge >= 0.3 is 0 Å². The van der Waals surface area contributed by atoms with E-state index in [9.17, 15) is 10.2 Å². The monoisotopic (exact) mass is 217 g/mol. The van der Waals surface area contributed by atoms with Crippen LogP contribution in [0.1, 0.15) is 17.2 Å². The molecule has 0 saturated heterocycles. The first-order chi connectivity index (χ1) is 7.68. The Morgan fingerprint density at radius 3 is 2.56 bits per heavy atom. The van der Waals surface area contributed by atoms with Crippen molar-refractivity contribution in [3.8, 4) is 11.5 Å². The number of phenolic OH excluding ortho intramolecular Hbond substituents is 2. The minimum atomic E-state index is -0.950. The van der Waals surface area contributed by atoms with E-state index < -0.39 is 6.10 Å². The molecule has 4 heteroatoms. The number of hydrogen-bond donors (Lipinski definition) is 3. The lowest BCUT2D eigenvalue weighted by Gasteiger charge is -2.12. The minimum Gasteiger partial charge on any atom is -0.508 e. The predicted molar refractivity (Wildman–Crippen MR) is 58.1 cm³/mol. The molecule has 4 nitrogen and oxygen atoms in total. The summed E-state index contributed by atoms with van der Waals surface area (Å²) in [5.41, 5.74) is 0.925. The lowest BCUT2D eigenvalue weighted by atomic mass is 10.0. The van der Waals surface area contributed by atoms with Gasteiger partial charge in [0.2, 0.25) is 0 Å². The summed E-state index contributed by atoms with van der Waals surface area (Å²) in [7, 11) is 0. The molecule has 1 unspecified atom stereocenters. The Morgan fingerprint density at radius 2 is 1.94 bits per heavy atom. The number of phenols is 2. The summed E-state index contributed by atoms with van der Waals surface area (Å²) in [5, 5.41) is 28.7. The summed E-state index contributed by atoms with van der Waals surface area (Å²) < 4.78 is 0. The first-order valence-corrected chi connectivity index (χ1v) is 4.78. The third-order valence-corrected chi connectivity index (χ3v) is 2.31. The van der Waals surface area contributed by atoms with Gasteiger partial charge in [-0.25, -0.2) is 0 Å². The van der Waals surface area contributed by atoms with Crippen LogP contribution in [-0.4, -0.2) is 20.3 Å². The van der Waals surface area contributed by atoms with Crippen molar-refractivity contribution in [3.05, 3.63) is 53.9 Å². The molecule has 16 heavy (non-hydrogen) atoms. The van der Waals surface area contributed by atoms with Gasteiger partial charge in [0.15, 0.2) is 0 Å². The molecule has 1 aromatic heterocycles. The number of hydrogen-bond acceptors (Lipinski definition) is 4. The van der Waals surface area contributed by atoms with Gasteiger partial charge in [-0.3, -0.25) is 4.98 Å². The number of aromatic nitrogens is 1. The number of pyridine rings is 1. The van der Waals surface area contributed by atoms with Gasteiger partial charge in [0.1, 0.15) is 17.6 Å². The van der Waals surface area contributed by atoms with Gasteiger partial charge in [-0.15, -0.1) is 0 Å². The molecule has 1 atom stereocenters. The summed E-state index contributed by atoms with van der Waals surface area (Å²) in [6, 6.07) is 7.49. The molecule has 1 heterocycles. The van der Waals surface area contributed by atoms with Crippen LogP contribution in [0.15, 0.2) is 42.7 Å². The quantitative estimate of drug-likeness (QED) is 0.714. The predicted octanol–water partition coefficient (Wildman–Crippen LogP) is 1.57. The van der Waals surface area contributed by atoms with E-state index in [1.807, 2.05) is 0 Å². The van der Waals surface area contributed by atoms with Crippen molar-refractivity contribution in [2.75, 3.05) is 0 Å². The Bertz CT molecular complexity index is 485. The topological polar surface area (TPSA) is 73.6 Å². The average molecular weight is 217 g/mol. The lowest BCUT2D eigenvalue weighted by molar-refractivity contribution is 0.215. The highest BCUT2D eigenvalue weighted by Crippen LogP contribution is 2.31. The highest BCUT2D eigenvalue weighted by Gasteiger charge is 2.14. The van der Waals surface area contributed by atoms with Gasteiger partial charge in [0, 0.05) is 29.6 Å². The molecule has 2 aromatic rings. The van der Waals surface area contributed by atoms with E-state index in [-0.39, 0.29) is 11.5 Å². The van der Waals surface area contributed by atoms with Crippen molar-refractivity contribution in [1.82, 2.24) is 4.98 Å². The number of aliphatic hydroxyl groups is 1. The molecule has 82 valence electrons. The van der Waals surface area contributed by atoms with Crippen molar-refractivity contribution in [2.24, 2.45) is 0 Å². The van der Waals surface area contributed by atoms with Crippen molar-refractivity contribution in [1.29, 1.82) is 0 Å². The average Bonchev–Trinajstić information content (AvgIpc) is 2.29. The van der Waals surface area contributed by atoms with Crippen LogP contribution in [0.5, 0.6) is 11.5 Å². The molecule has 3 N–H and O–H groups in total. The first kappa shape index (κ1) is 10.4. The molecule has 0 amide bonds. The molecule has 0 fully saturated rings.